The van der Waals surface area contributed by atoms with Crippen molar-refractivity contribution in [3.63, 3.8) is 0 Å². The molecule has 1 aliphatic heterocycles. The molecule has 0 bridgehead atoms. The number of carbonyl (C=O) groups is 1. The van der Waals surface area contributed by atoms with Crippen molar-refractivity contribution < 1.29 is 4.79 Å². The molecule has 0 amide bonds. The summed E-state index contributed by atoms with van der Waals surface area (Å²) in [6, 6.07) is 2.00. The molecule has 1 aromatic rings. The fourth-order valence-electron chi connectivity index (χ4n) is 2.18. The molecule has 1 aliphatic rings. The Hall–Kier alpha value is -0.740. The van der Waals surface area contributed by atoms with Crippen molar-refractivity contribution in [2.24, 2.45) is 0 Å². The molecule has 2 rings (SSSR count). The van der Waals surface area contributed by atoms with Crippen molar-refractivity contribution in [1.29, 1.82) is 0 Å². The molecule has 1 N–H and O–H groups in total. The molecule has 0 aliphatic carbocycles. The molecule has 1 atom stereocenters. The lowest BCUT2D eigenvalue weighted by molar-refractivity contribution is -0.120. The second-order valence-electron chi connectivity index (χ2n) is 4.51. The van der Waals surface area contributed by atoms with E-state index in [9.17, 15) is 4.79 Å². The second-order valence-corrected chi connectivity index (χ2v) is 5.43. The largest absolute Gasteiger partial charge is 0.307 e. The van der Waals surface area contributed by atoms with Gasteiger partial charge in [0.25, 0.3) is 0 Å². The van der Waals surface area contributed by atoms with E-state index >= 15 is 0 Å². The molecule has 0 radical (unpaired) electrons. The zero-order valence-corrected chi connectivity index (χ0v) is 11.4. The topological polar surface area (TPSA) is 42.0 Å². The smallest absolute Gasteiger partial charge is 0.154 e. The van der Waals surface area contributed by atoms with Crippen LogP contribution in [0.4, 0.5) is 0 Å². The monoisotopic (exact) mass is 296 g/mol. The van der Waals surface area contributed by atoms with E-state index in [-0.39, 0.29) is 11.8 Å². The van der Waals surface area contributed by atoms with Crippen molar-refractivity contribution in [2.45, 2.75) is 38.1 Å². The zero-order chi connectivity index (χ0) is 12.1. The summed E-state index contributed by atoms with van der Waals surface area (Å²) in [5.41, 5.74) is 0.982. The average molecular weight is 297 g/mol. The molecule has 3 nitrogen and oxygen atoms in total. The molecular weight excluding hydrogens is 280 g/mol. The fraction of sp³-hybridized carbons (Fsp3) is 0.538. The van der Waals surface area contributed by atoms with Gasteiger partial charge in [0, 0.05) is 23.3 Å². The second kappa shape index (κ2) is 6.26. The van der Waals surface area contributed by atoms with Gasteiger partial charge in [0.1, 0.15) is 0 Å². The van der Waals surface area contributed by atoms with Gasteiger partial charge in [0.15, 0.2) is 5.78 Å². The summed E-state index contributed by atoms with van der Waals surface area (Å²) < 4.78 is 0.927. The first kappa shape index (κ1) is 12.7. The van der Waals surface area contributed by atoms with E-state index < -0.39 is 0 Å². The summed E-state index contributed by atoms with van der Waals surface area (Å²) >= 11 is 3.37. The summed E-state index contributed by atoms with van der Waals surface area (Å²) in [6.45, 7) is 0.965. The quantitative estimate of drug-likeness (QED) is 0.932. The summed E-state index contributed by atoms with van der Waals surface area (Å²) in [5.74, 6) is 0.284. The predicted molar refractivity (Wildman–Crippen MR) is 70.9 cm³/mol. The van der Waals surface area contributed by atoms with Gasteiger partial charge >= 0.3 is 0 Å². The molecule has 1 unspecified atom stereocenters. The van der Waals surface area contributed by atoms with Crippen LogP contribution in [0.1, 0.15) is 31.2 Å². The van der Waals surface area contributed by atoms with E-state index in [0.717, 1.165) is 29.4 Å². The minimum atomic E-state index is 0.0384. The van der Waals surface area contributed by atoms with E-state index in [1.165, 1.54) is 12.8 Å². The SMILES string of the molecule is O=C(Cc1cncc(Br)c1)C1CCCCCN1. The Bertz CT molecular complexity index is 387. The minimum Gasteiger partial charge on any atom is -0.307 e. The van der Waals surface area contributed by atoms with Crippen LogP contribution in [0.3, 0.4) is 0 Å². The third-order valence-electron chi connectivity index (χ3n) is 3.09. The maximum absolute atomic E-state index is 12.1. The first-order valence-electron chi connectivity index (χ1n) is 6.11. The Kier molecular flexibility index (Phi) is 4.68. The normalized spacial score (nSPS) is 20.9. The first-order valence-corrected chi connectivity index (χ1v) is 6.90. The zero-order valence-electron chi connectivity index (χ0n) is 9.79. The number of hydrogen-bond acceptors (Lipinski definition) is 3. The highest BCUT2D eigenvalue weighted by atomic mass is 79.9. The molecule has 1 fully saturated rings. The Balaban J connectivity index is 1.95. The van der Waals surface area contributed by atoms with Crippen LogP contribution >= 0.6 is 15.9 Å². The Morgan fingerprint density at radius 2 is 2.29 bits per heavy atom. The predicted octanol–water partition coefficient (Wildman–Crippen LogP) is 2.49. The average Bonchev–Trinajstić information content (AvgIpc) is 2.57. The number of nitrogens with zero attached hydrogens (tertiary/aromatic N) is 1. The van der Waals surface area contributed by atoms with Gasteiger partial charge in [-0.1, -0.05) is 12.8 Å². The highest BCUT2D eigenvalue weighted by Crippen LogP contribution is 2.14. The molecule has 92 valence electrons. The van der Waals surface area contributed by atoms with Crippen LogP contribution in [0, 0.1) is 0 Å². The van der Waals surface area contributed by atoms with Crippen LogP contribution in [-0.4, -0.2) is 23.4 Å². The van der Waals surface area contributed by atoms with E-state index in [1.807, 2.05) is 6.07 Å². The maximum atomic E-state index is 12.1. The van der Waals surface area contributed by atoms with Gasteiger partial charge in [-0.15, -0.1) is 0 Å². The summed E-state index contributed by atoms with van der Waals surface area (Å²) in [7, 11) is 0. The number of Topliss-reactive ketones (excluding diaryl/α,β-unsaturated/α-hetero) is 1. The molecule has 0 spiro atoms. The number of halogens is 1. The van der Waals surface area contributed by atoms with Gasteiger partial charge < -0.3 is 5.32 Å². The highest BCUT2D eigenvalue weighted by Gasteiger charge is 2.19. The van der Waals surface area contributed by atoms with E-state index in [1.54, 1.807) is 12.4 Å². The van der Waals surface area contributed by atoms with Crippen molar-refractivity contribution in [3.05, 3.63) is 28.5 Å². The summed E-state index contributed by atoms with van der Waals surface area (Å²) in [6.07, 6.45) is 8.51. The standard InChI is InChI=1S/C13H17BrN2O/c14-11-6-10(8-15-9-11)7-13(17)12-4-2-1-3-5-16-12/h6,8-9,12,16H,1-5,7H2. The van der Waals surface area contributed by atoms with E-state index in [2.05, 4.69) is 26.2 Å². The van der Waals surface area contributed by atoms with Gasteiger partial charge in [-0.3, -0.25) is 9.78 Å². The molecule has 17 heavy (non-hydrogen) atoms. The molecule has 0 saturated carbocycles. The Morgan fingerprint density at radius 3 is 3.12 bits per heavy atom. The van der Waals surface area contributed by atoms with Gasteiger partial charge in [-0.25, -0.2) is 0 Å². The number of aromatic nitrogens is 1. The van der Waals surface area contributed by atoms with E-state index in [0.29, 0.717) is 6.42 Å². The van der Waals surface area contributed by atoms with Crippen LogP contribution in [0.15, 0.2) is 22.9 Å². The number of nitrogens with one attached hydrogen (secondary N) is 1. The number of rotatable bonds is 3. The van der Waals surface area contributed by atoms with Crippen LogP contribution in [0.2, 0.25) is 0 Å². The van der Waals surface area contributed by atoms with Gasteiger partial charge in [0.05, 0.1) is 6.04 Å². The summed E-state index contributed by atoms with van der Waals surface area (Å²) in [5, 5.41) is 3.33. The summed E-state index contributed by atoms with van der Waals surface area (Å²) in [4.78, 5) is 16.2. The molecule has 4 heteroatoms. The third kappa shape index (κ3) is 3.89. The van der Waals surface area contributed by atoms with Crippen molar-refractivity contribution >= 4 is 21.7 Å². The minimum absolute atomic E-state index is 0.0384. The lowest BCUT2D eigenvalue weighted by Gasteiger charge is -2.14. The highest BCUT2D eigenvalue weighted by molar-refractivity contribution is 9.10. The molecular formula is C13H17BrN2O. The van der Waals surface area contributed by atoms with Crippen LogP contribution in [-0.2, 0) is 11.2 Å². The van der Waals surface area contributed by atoms with Crippen LogP contribution < -0.4 is 5.32 Å². The van der Waals surface area contributed by atoms with Crippen LogP contribution in [0.25, 0.3) is 0 Å². The number of carbonyl (C=O) groups excluding carboxylic acids is 1. The van der Waals surface area contributed by atoms with Crippen molar-refractivity contribution in [1.82, 2.24) is 10.3 Å². The first-order chi connectivity index (χ1) is 8.25. The van der Waals surface area contributed by atoms with E-state index in [4.69, 9.17) is 0 Å². The maximum Gasteiger partial charge on any atom is 0.154 e. The number of pyridine rings is 1. The van der Waals surface area contributed by atoms with Gasteiger partial charge in [-0.2, -0.15) is 0 Å². The van der Waals surface area contributed by atoms with Crippen molar-refractivity contribution in [2.75, 3.05) is 6.54 Å². The number of hydrogen-bond donors (Lipinski definition) is 1. The molecule has 1 saturated heterocycles. The van der Waals surface area contributed by atoms with Crippen molar-refractivity contribution in [3.8, 4) is 0 Å². The van der Waals surface area contributed by atoms with Crippen LogP contribution in [0.5, 0.6) is 0 Å². The fourth-order valence-corrected chi connectivity index (χ4v) is 2.59. The number of ketones is 1. The molecule has 1 aromatic heterocycles. The Morgan fingerprint density at radius 1 is 1.41 bits per heavy atom. The molecule has 2 heterocycles. The Labute approximate surface area is 110 Å². The third-order valence-corrected chi connectivity index (χ3v) is 3.52. The lowest BCUT2D eigenvalue weighted by atomic mass is 10.0. The van der Waals surface area contributed by atoms with Gasteiger partial charge in [0.2, 0.25) is 0 Å². The lowest BCUT2D eigenvalue weighted by Crippen LogP contribution is -2.36. The molecule has 0 aromatic carbocycles. The van der Waals surface area contributed by atoms with Gasteiger partial charge in [-0.05, 0) is 46.9 Å².